The first kappa shape index (κ1) is 13.6. The summed E-state index contributed by atoms with van der Waals surface area (Å²) in [5, 5.41) is 0. The van der Waals surface area contributed by atoms with E-state index in [-0.39, 0.29) is 11.9 Å². The number of hydrogen-bond donors (Lipinski definition) is 1. The highest BCUT2D eigenvalue weighted by Gasteiger charge is 2.24. The summed E-state index contributed by atoms with van der Waals surface area (Å²) in [4.78, 5) is 13.8. The molecule has 0 aromatic heterocycles. The van der Waals surface area contributed by atoms with Crippen molar-refractivity contribution in [2.45, 2.75) is 37.8 Å². The molecular formula is C16H20N2O. The largest absolute Gasteiger partial charge is 0.332 e. The highest BCUT2D eigenvalue weighted by atomic mass is 16.2. The molecule has 3 nitrogen and oxygen atoms in total. The summed E-state index contributed by atoms with van der Waals surface area (Å²) in [6.45, 7) is 0. The molecule has 0 spiro atoms. The number of amides is 1. The third kappa shape index (κ3) is 3.84. The molecule has 0 unspecified atom stereocenters. The monoisotopic (exact) mass is 256 g/mol. The van der Waals surface area contributed by atoms with E-state index in [4.69, 9.17) is 5.73 Å². The fourth-order valence-corrected chi connectivity index (χ4v) is 2.39. The van der Waals surface area contributed by atoms with Crippen molar-refractivity contribution in [3.63, 3.8) is 0 Å². The molecule has 2 N–H and O–H groups in total. The second-order valence-corrected chi connectivity index (χ2v) is 5.10. The van der Waals surface area contributed by atoms with Crippen LogP contribution in [0.4, 0.5) is 0 Å². The van der Waals surface area contributed by atoms with Gasteiger partial charge in [0.2, 0.25) is 0 Å². The summed E-state index contributed by atoms with van der Waals surface area (Å²) in [6.07, 6.45) is 3.95. The number of carbonyl (C=O) groups excluding carboxylic acids is 1. The Labute approximate surface area is 114 Å². The van der Waals surface area contributed by atoms with Crippen LogP contribution in [0.2, 0.25) is 0 Å². The average Bonchev–Trinajstić information content (AvgIpc) is 2.46. The maximum Gasteiger partial charge on any atom is 0.298 e. The van der Waals surface area contributed by atoms with Crippen molar-refractivity contribution in [1.29, 1.82) is 0 Å². The third-order valence-electron chi connectivity index (χ3n) is 3.70. The first-order valence-corrected chi connectivity index (χ1v) is 6.76. The SMILES string of the molecule is CN(C(=O)C#Cc1ccccc1)C1CCC(N)CC1. The second-order valence-electron chi connectivity index (χ2n) is 5.10. The molecule has 2 rings (SSSR count). The molecular weight excluding hydrogens is 236 g/mol. The van der Waals surface area contributed by atoms with Gasteiger partial charge in [-0.05, 0) is 37.8 Å². The maximum absolute atomic E-state index is 12.0. The first-order chi connectivity index (χ1) is 9.16. The van der Waals surface area contributed by atoms with Crippen LogP contribution >= 0.6 is 0 Å². The Hall–Kier alpha value is -1.79. The van der Waals surface area contributed by atoms with Crippen molar-refractivity contribution in [2.75, 3.05) is 7.05 Å². The van der Waals surface area contributed by atoms with Gasteiger partial charge in [0.15, 0.2) is 0 Å². The zero-order chi connectivity index (χ0) is 13.7. The topological polar surface area (TPSA) is 46.3 Å². The summed E-state index contributed by atoms with van der Waals surface area (Å²) in [5.74, 6) is 5.51. The fourth-order valence-electron chi connectivity index (χ4n) is 2.39. The average molecular weight is 256 g/mol. The number of rotatable bonds is 1. The van der Waals surface area contributed by atoms with Crippen LogP contribution in [0.5, 0.6) is 0 Å². The fraction of sp³-hybridized carbons (Fsp3) is 0.438. The van der Waals surface area contributed by atoms with E-state index >= 15 is 0 Å². The molecule has 100 valence electrons. The second kappa shape index (κ2) is 6.40. The van der Waals surface area contributed by atoms with E-state index in [2.05, 4.69) is 11.8 Å². The lowest BCUT2D eigenvalue weighted by atomic mass is 9.91. The highest BCUT2D eigenvalue weighted by Crippen LogP contribution is 2.21. The molecule has 0 aliphatic heterocycles. The van der Waals surface area contributed by atoms with Crippen molar-refractivity contribution in [1.82, 2.24) is 4.90 Å². The lowest BCUT2D eigenvalue weighted by molar-refractivity contribution is -0.126. The van der Waals surface area contributed by atoms with E-state index < -0.39 is 0 Å². The number of nitrogens with zero attached hydrogens (tertiary/aromatic N) is 1. The predicted molar refractivity (Wildman–Crippen MR) is 76.3 cm³/mol. The normalized spacial score (nSPS) is 22.2. The Kier molecular flexibility index (Phi) is 4.59. The van der Waals surface area contributed by atoms with E-state index in [1.807, 2.05) is 37.4 Å². The maximum atomic E-state index is 12.0. The van der Waals surface area contributed by atoms with Gasteiger partial charge in [-0.1, -0.05) is 24.1 Å². The molecule has 0 atom stereocenters. The molecule has 1 saturated carbocycles. The minimum atomic E-state index is -0.107. The Morgan fingerprint density at radius 1 is 1.21 bits per heavy atom. The lowest BCUT2D eigenvalue weighted by Crippen LogP contribution is -2.41. The van der Waals surface area contributed by atoms with Gasteiger partial charge in [0.1, 0.15) is 0 Å². The van der Waals surface area contributed by atoms with Crippen LogP contribution in [0.3, 0.4) is 0 Å². The molecule has 1 aliphatic rings. The Balaban J connectivity index is 1.95. The molecule has 19 heavy (non-hydrogen) atoms. The van der Waals surface area contributed by atoms with Gasteiger partial charge in [-0.3, -0.25) is 4.79 Å². The molecule has 1 aromatic carbocycles. The van der Waals surface area contributed by atoms with E-state index in [9.17, 15) is 4.79 Å². The molecule has 3 heteroatoms. The van der Waals surface area contributed by atoms with Gasteiger partial charge in [0, 0.05) is 30.6 Å². The summed E-state index contributed by atoms with van der Waals surface area (Å²) in [6, 6.07) is 10.2. The minimum absolute atomic E-state index is 0.107. The van der Waals surface area contributed by atoms with Gasteiger partial charge in [0.25, 0.3) is 5.91 Å². The molecule has 0 radical (unpaired) electrons. The Morgan fingerprint density at radius 2 is 1.84 bits per heavy atom. The van der Waals surface area contributed by atoms with Gasteiger partial charge < -0.3 is 10.6 Å². The van der Waals surface area contributed by atoms with Gasteiger partial charge >= 0.3 is 0 Å². The van der Waals surface area contributed by atoms with Gasteiger partial charge in [0.05, 0.1) is 0 Å². The Morgan fingerprint density at radius 3 is 2.47 bits per heavy atom. The predicted octanol–water partition coefficient (Wildman–Crippen LogP) is 1.77. The van der Waals surface area contributed by atoms with Crippen LogP contribution in [0.1, 0.15) is 31.2 Å². The zero-order valence-electron chi connectivity index (χ0n) is 11.3. The zero-order valence-corrected chi connectivity index (χ0v) is 11.3. The smallest absolute Gasteiger partial charge is 0.298 e. The standard InChI is InChI=1S/C16H20N2O/c1-18(15-10-8-14(17)9-11-15)16(19)12-7-13-5-3-2-4-6-13/h2-6,14-15H,8-11,17H2,1H3. The lowest BCUT2D eigenvalue weighted by Gasteiger charge is -2.32. The third-order valence-corrected chi connectivity index (χ3v) is 3.70. The van der Waals surface area contributed by atoms with Crippen LogP contribution in [0.25, 0.3) is 0 Å². The molecule has 0 saturated heterocycles. The quantitative estimate of drug-likeness (QED) is 0.778. The van der Waals surface area contributed by atoms with Crippen LogP contribution in [-0.4, -0.2) is 29.9 Å². The van der Waals surface area contributed by atoms with Crippen molar-refractivity contribution in [3.8, 4) is 11.8 Å². The van der Waals surface area contributed by atoms with Gasteiger partial charge in [-0.15, -0.1) is 0 Å². The number of benzene rings is 1. The molecule has 1 aromatic rings. The summed E-state index contributed by atoms with van der Waals surface area (Å²) < 4.78 is 0. The van der Waals surface area contributed by atoms with Crippen molar-refractivity contribution in [2.24, 2.45) is 5.73 Å². The highest BCUT2D eigenvalue weighted by molar-refractivity contribution is 5.94. The molecule has 1 amide bonds. The van der Waals surface area contributed by atoms with Crippen LogP contribution < -0.4 is 5.73 Å². The van der Waals surface area contributed by atoms with E-state index in [0.717, 1.165) is 31.2 Å². The van der Waals surface area contributed by atoms with Crippen molar-refractivity contribution in [3.05, 3.63) is 35.9 Å². The van der Waals surface area contributed by atoms with E-state index in [1.54, 1.807) is 4.90 Å². The van der Waals surface area contributed by atoms with Gasteiger partial charge in [-0.25, -0.2) is 0 Å². The van der Waals surface area contributed by atoms with Crippen molar-refractivity contribution < 1.29 is 4.79 Å². The summed E-state index contributed by atoms with van der Waals surface area (Å²) >= 11 is 0. The number of hydrogen-bond acceptors (Lipinski definition) is 2. The molecule has 0 bridgehead atoms. The van der Waals surface area contributed by atoms with Crippen LogP contribution in [-0.2, 0) is 4.79 Å². The van der Waals surface area contributed by atoms with Crippen molar-refractivity contribution >= 4 is 5.91 Å². The van der Waals surface area contributed by atoms with Crippen LogP contribution in [0.15, 0.2) is 30.3 Å². The molecule has 1 aliphatic carbocycles. The van der Waals surface area contributed by atoms with Gasteiger partial charge in [-0.2, -0.15) is 0 Å². The van der Waals surface area contributed by atoms with E-state index in [0.29, 0.717) is 6.04 Å². The molecule has 0 heterocycles. The molecule has 1 fully saturated rings. The van der Waals surface area contributed by atoms with E-state index in [1.165, 1.54) is 0 Å². The first-order valence-electron chi connectivity index (χ1n) is 6.76. The summed E-state index contributed by atoms with van der Waals surface area (Å²) in [5.41, 5.74) is 6.75. The summed E-state index contributed by atoms with van der Waals surface area (Å²) in [7, 11) is 1.84. The minimum Gasteiger partial charge on any atom is -0.332 e. The van der Waals surface area contributed by atoms with Crippen LogP contribution in [0, 0.1) is 11.8 Å². The number of nitrogens with two attached hydrogens (primary N) is 1. The Bertz CT molecular complexity index is 478. The number of carbonyl (C=O) groups is 1.